The van der Waals surface area contributed by atoms with Crippen molar-refractivity contribution in [1.82, 2.24) is 0 Å². The van der Waals surface area contributed by atoms with Crippen LogP contribution in [-0.4, -0.2) is 58.5 Å². The molecule has 0 unspecified atom stereocenters. The maximum atomic E-state index is 13.0. The van der Waals surface area contributed by atoms with Crippen LogP contribution in [0, 0.1) is 0 Å². The van der Waals surface area contributed by atoms with E-state index < -0.39 is 0 Å². The van der Waals surface area contributed by atoms with Crippen LogP contribution >= 0.6 is 0 Å². The highest BCUT2D eigenvalue weighted by molar-refractivity contribution is 5.96. The van der Waals surface area contributed by atoms with Crippen LogP contribution in [0.1, 0.15) is 5.56 Å². The van der Waals surface area contributed by atoms with E-state index >= 15 is 0 Å². The maximum absolute atomic E-state index is 13.0. The Morgan fingerprint density at radius 2 is 1.35 bits per heavy atom. The first-order chi connectivity index (χ1) is 16.8. The number of carbonyl (C=O) groups excluding carboxylic acids is 1. The van der Waals surface area contributed by atoms with E-state index in [1.54, 1.807) is 0 Å². The Labute approximate surface area is 201 Å². The molecule has 0 bridgehead atoms. The number of benzene rings is 3. The van der Waals surface area contributed by atoms with Crippen molar-refractivity contribution >= 4 is 23.0 Å². The van der Waals surface area contributed by atoms with Crippen LogP contribution in [0.3, 0.4) is 0 Å². The average Bonchev–Trinajstić information content (AvgIpc) is 2.91. The van der Waals surface area contributed by atoms with E-state index in [2.05, 4.69) is 51.5 Å². The molecule has 2 aliphatic heterocycles. The zero-order chi connectivity index (χ0) is 23.2. The normalized spacial score (nSPS) is 16.4. The van der Waals surface area contributed by atoms with Gasteiger partial charge in [-0.15, -0.1) is 0 Å². The van der Waals surface area contributed by atoms with Crippen molar-refractivity contribution < 1.29 is 14.3 Å². The summed E-state index contributed by atoms with van der Waals surface area (Å²) >= 11 is 0. The van der Waals surface area contributed by atoms with E-state index in [-0.39, 0.29) is 5.91 Å². The highest BCUT2D eigenvalue weighted by Gasteiger charge is 2.19. The number of amides is 1. The Morgan fingerprint density at radius 1 is 0.735 bits per heavy atom. The van der Waals surface area contributed by atoms with Crippen molar-refractivity contribution in [2.45, 2.75) is 6.42 Å². The summed E-state index contributed by atoms with van der Waals surface area (Å²) in [5, 5.41) is 3.17. The van der Waals surface area contributed by atoms with Crippen LogP contribution in [-0.2, 0) is 20.7 Å². The molecule has 0 spiro atoms. The minimum Gasteiger partial charge on any atom is -0.378 e. The second kappa shape index (κ2) is 10.7. The Kier molecular flexibility index (Phi) is 7.08. The molecule has 2 saturated heterocycles. The number of hydrogen-bond acceptors (Lipinski definition) is 5. The molecular weight excluding hydrogens is 426 g/mol. The average molecular weight is 458 g/mol. The van der Waals surface area contributed by atoms with E-state index in [0.717, 1.165) is 61.9 Å². The van der Waals surface area contributed by atoms with Crippen LogP contribution < -0.4 is 15.1 Å². The number of morpholine rings is 2. The fourth-order valence-electron chi connectivity index (χ4n) is 4.54. The molecule has 0 saturated carbocycles. The first kappa shape index (κ1) is 22.4. The predicted octanol–water partition coefficient (Wildman–Crippen LogP) is 4.21. The van der Waals surface area contributed by atoms with Crippen molar-refractivity contribution in [1.29, 1.82) is 0 Å². The largest absolute Gasteiger partial charge is 0.378 e. The molecule has 1 amide bonds. The van der Waals surface area contributed by atoms with Gasteiger partial charge in [0, 0.05) is 31.9 Å². The van der Waals surface area contributed by atoms with E-state index in [9.17, 15) is 4.79 Å². The lowest BCUT2D eigenvalue weighted by atomic mass is 10.0. The summed E-state index contributed by atoms with van der Waals surface area (Å²) in [5.74, 6) is -0.0129. The summed E-state index contributed by atoms with van der Waals surface area (Å²) in [7, 11) is 0. The van der Waals surface area contributed by atoms with Crippen molar-refractivity contribution in [3.05, 3.63) is 78.4 Å². The third-order valence-electron chi connectivity index (χ3n) is 6.41. The minimum absolute atomic E-state index is 0.0129. The van der Waals surface area contributed by atoms with Gasteiger partial charge in [-0.1, -0.05) is 54.6 Å². The Balaban J connectivity index is 1.30. The van der Waals surface area contributed by atoms with Crippen LogP contribution in [0.4, 0.5) is 17.1 Å². The Hall–Kier alpha value is -3.35. The zero-order valence-electron chi connectivity index (χ0n) is 19.4. The van der Waals surface area contributed by atoms with Crippen LogP contribution in [0.5, 0.6) is 0 Å². The lowest BCUT2D eigenvalue weighted by molar-refractivity contribution is -0.115. The molecule has 2 fully saturated rings. The lowest BCUT2D eigenvalue weighted by Gasteiger charge is -2.33. The number of nitrogens with zero attached hydrogens (tertiary/aromatic N) is 2. The van der Waals surface area contributed by atoms with Gasteiger partial charge in [0.1, 0.15) is 0 Å². The predicted molar refractivity (Wildman–Crippen MR) is 137 cm³/mol. The van der Waals surface area contributed by atoms with Gasteiger partial charge in [-0.25, -0.2) is 0 Å². The van der Waals surface area contributed by atoms with Gasteiger partial charge >= 0.3 is 0 Å². The molecule has 2 aliphatic rings. The summed E-state index contributed by atoms with van der Waals surface area (Å²) < 4.78 is 11.1. The number of anilines is 3. The SMILES string of the molecule is O=C(Cc1ccc(-c2ccccc2)cc1)Nc1ccc(N2CCOCC2)cc1N1CCOCC1. The smallest absolute Gasteiger partial charge is 0.228 e. The van der Waals surface area contributed by atoms with Gasteiger partial charge in [0.05, 0.1) is 44.2 Å². The molecular formula is C28H31N3O3. The Bertz CT molecular complexity index is 1090. The second-order valence-corrected chi connectivity index (χ2v) is 8.69. The van der Waals surface area contributed by atoms with E-state index in [1.165, 1.54) is 11.3 Å². The fourth-order valence-corrected chi connectivity index (χ4v) is 4.54. The van der Waals surface area contributed by atoms with Gasteiger partial charge in [-0.3, -0.25) is 4.79 Å². The standard InChI is InChI=1S/C28H31N3O3/c32-28(20-22-6-8-24(9-7-22)23-4-2-1-3-5-23)29-26-11-10-25(30-12-16-33-17-13-30)21-27(26)31-14-18-34-19-15-31/h1-11,21H,12-20H2,(H,29,32). The quantitative estimate of drug-likeness (QED) is 0.601. The monoisotopic (exact) mass is 457 g/mol. The molecule has 6 heteroatoms. The van der Waals surface area contributed by atoms with Crippen LogP contribution in [0.2, 0.25) is 0 Å². The molecule has 34 heavy (non-hydrogen) atoms. The number of nitrogens with one attached hydrogen (secondary N) is 1. The molecule has 0 aromatic heterocycles. The third-order valence-corrected chi connectivity index (χ3v) is 6.41. The molecule has 6 nitrogen and oxygen atoms in total. The number of ether oxygens (including phenoxy) is 2. The number of hydrogen-bond donors (Lipinski definition) is 1. The van der Waals surface area contributed by atoms with Gasteiger partial charge < -0.3 is 24.6 Å². The molecule has 176 valence electrons. The second-order valence-electron chi connectivity index (χ2n) is 8.69. The summed E-state index contributed by atoms with van der Waals surface area (Å²) in [6.45, 7) is 6.28. The molecule has 5 rings (SSSR count). The van der Waals surface area contributed by atoms with Crippen molar-refractivity contribution in [3.8, 4) is 11.1 Å². The first-order valence-corrected chi connectivity index (χ1v) is 12.0. The topological polar surface area (TPSA) is 54.0 Å². The molecule has 3 aromatic rings. The molecule has 0 atom stereocenters. The third kappa shape index (κ3) is 5.41. The minimum atomic E-state index is -0.0129. The van der Waals surface area contributed by atoms with E-state index in [4.69, 9.17) is 9.47 Å². The summed E-state index contributed by atoms with van der Waals surface area (Å²) in [6, 6.07) is 24.8. The first-order valence-electron chi connectivity index (χ1n) is 12.0. The highest BCUT2D eigenvalue weighted by Crippen LogP contribution is 2.32. The van der Waals surface area contributed by atoms with Crippen molar-refractivity contribution in [2.75, 3.05) is 67.7 Å². The lowest BCUT2D eigenvalue weighted by Crippen LogP contribution is -2.38. The van der Waals surface area contributed by atoms with Crippen molar-refractivity contribution in [2.24, 2.45) is 0 Å². The van der Waals surface area contributed by atoms with Gasteiger partial charge in [-0.05, 0) is 34.9 Å². The van der Waals surface area contributed by atoms with Crippen molar-refractivity contribution in [3.63, 3.8) is 0 Å². The summed E-state index contributed by atoms with van der Waals surface area (Å²) in [4.78, 5) is 17.6. The molecule has 1 N–H and O–H groups in total. The summed E-state index contributed by atoms with van der Waals surface area (Å²) in [5.41, 5.74) is 6.39. The molecule has 2 heterocycles. The maximum Gasteiger partial charge on any atom is 0.228 e. The van der Waals surface area contributed by atoms with Gasteiger partial charge in [-0.2, -0.15) is 0 Å². The van der Waals surface area contributed by atoms with Crippen LogP contribution in [0.25, 0.3) is 11.1 Å². The molecule has 0 aliphatic carbocycles. The zero-order valence-corrected chi connectivity index (χ0v) is 19.4. The van der Waals surface area contributed by atoms with Gasteiger partial charge in [0.25, 0.3) is 0 Å². The highest BCUT2D eigenvalue weighted by atomic mass is 16.5. The van der Waals surface area contributed by atoms with E-state index in [1.807, 2.05) is 36.4 Å². The molecule has 0 radical (unpaired) electrons. The van der Waals surface area contributed by atoms with Gasteiger partial charge in [0.15, 0.2) is 0 Å². The number of carbonyl (C=O) groups is 1. The Morgan fingerprint density at radius 3 is 2.03 bits per heavy atom. The number of rotatable bonds is 6. The van der Waals surface area contributed by atoms with Crippen LogP contribution in [0.15, 0.2) is 72.8 Å². The molecule has 3 aromatic carbocycles. The van der Waals surface area contributed by atoms with E-state index in [0.29, 0.717) is 19.6 Å². The fraction of sp³-hybridized carbons (Fsp3) is 0.321. The summed E-state index contributed by atoms with van der Waals surface area (Å²) in [6.07, 6.45) is 0.336. The van der Waals surface area contributed by atoms with Gasteiger partial charge in [0.2, 0.25) is 5.91 Å².